The fourth-order valence-electron chi connectivity index (χ4n) is 2.85. The zero-order chi connectivity index (χ0) is 15.2. The maximum Gasteiger partial charge on any atom is 0.236 e. The van der Waals surface area contributed by atoms with Crippen LogP contribution in [0.3, 0.4) is 0 Å². The fourth-order valence-corrected chi connectivity index (χ4v) is 2.85. The van der Waals surface area contributed by atoms with Crippen molar-refractivity contribution in [2.75, 3.05) is 33.2 Å². The summed E-state index contributed by atoms with van der Waals surface area (Å²) in [6.45, 7) is 5.96. The van der Waals surface area contributed by atoms with Gasteiger partial charge in [-0.3, -0.25) is 9.69 Å². The number of nitrogens with two attached hydrogens (primary N) is 1. The second kappa shape index (κ2) is 7.57. The number of carbonyl (C=O) groups excluding carboxylic acids is 1. The third-order valence-corrected chi connectivity index (χ3v) is 4.26. The predicted molar refractivity (Wildman–Crippen MR) is 85.9 cm³/mol. The molecule has 1 aromatic carbocycles. The third-order valence-electron chi connectivity index (χ3n) is 4.26. The Labute approximate surface area is 127 Å². The molecule has 0 radical (unpaired) electrons. The van der Waals surface area contributed by atoms with E-state index in [1.54, 1.807) is 0 Å². The lowest BCUT2D eigenvalue weighted by atomic mass is 9.98. The van der Waals surface area contributed by atoms with Crippen LogP contribution in [0.1, 0.15) is 24.0 Å². The molecule has 1 fully saturated rings. The van der Waals surface area contributed by atoms with Crippen LogP contribution in [0.2, 0.25) is 0 Å². The van der Waals surface area contributed by atoms with Crippen molar-refractivity contribution in [1.82, 2.24) is 9.80 Å². The van der Waals surface area contributed by atoms with E-state index in [9.17, 15) is 4.79 Å². The maximum absolute atomic E-state index is 12.3. The molecule has 1 aromatic rings. The first-order chi connectivity index (χ1) is 10.1. The molecule has 0 bridgehead atoms. The minimum atomic E-state index is 0.188. The molecule has 1 atom stereocenters. The number of piperidine rings is 1. The zero-order valence-corrected chi connectivity index (χ0v) is 13.2. The summed E-state index contributed by atoms with van der Waals surface area (Å²) < 4.78 is 0. The van der Waals surface area contributed by atoms with Crippen molar-refractivity contribution in [3.63, 3.8) is 0 Å². The van der Waals surface area contributed by atoms with Gasteiger partial charge in [0.05, 0.1) is 6.54 Å². The van der Waals surface area contributed by atoms with Crippen molar-refractivity contribution in [2.24, 2.45) is 11.7 Å². The van der Waals surface area contributed by atoms with Crippen LogP contribution in [0.5, 0.6) is 0 Å². The van der Waals surface area contributed by atoms with Gasteiger partial charge in [0.1, 0.15) is 0 Å². The van der Waals surface area contributed by atoms with E-state index < -0.39 is 0 Å². The van der Waals surface area contributed by atoms with E-state index in [2.05, 4.69) is 36.1 Å². The number of nitrogens with zero attached hydrogens (tertiary/aromatic N) is 2. The maximum atomic E-state index is 12.3. The molecule has 0 spiro atoms. The van der Waals surface area contributed by atoms with Crippen LogP contribution in [0, 0.1) is 12.8 Å². The Morgan fingerprint density at radius 2 is 2.10 bits per heavy atom. The first-order valence-corrected chi connectivity index (χ1v) is 7.80. The molecule has 1 aliphatic rings. The van der Waals surface area contributed by atoms with E-state index >= 15 is 0 Å². The molecular formula is C17H27N3O. The van der Waals surface area contributed by atoms with Crippen LogP contribution in [0.15, 0.2) is 24.3 Å². The minimum absolute atomic E-state index is 0.188. The quantitative estimate of drug-likeness (QED) is 0.896. The fraction of sp³-hybridized carbons (Fsp3) is 0.588. The number of benzene rings is 1. The number of rotatable bonds is 5. The Morgan fingerprint density at radius 1 is 1.38 bits per heavy atom. The van der Waals surface area contributed by atoms with E-state index in [1.807, 2.05) is 11.9 Å². The molecule has 1 unspecified atom stereocenters. The predicted octanol–water partition coefficient (Wildman–Crippen LogP) is 1.62. The summed E-state index contributed by atoms with van der Waals surface area (Å²) in [5.41, 5.74) is 8.17. The second-order valence-electron chi connectivity index (χ2n) is 6.21. The van der Waals surface area contributed by atoms with Gasteiger partial charge in [-0.1, -0.05) is 29.8 Å². The topological polar surface area (TPSA) is 49.6 Å². The van der Waals surface area contributed by atoms with Crippen LogP contribution in [-0.2, 0) is 11.3 Å². The summed E-state index contributed by atoms with van der Waals surface area (Å²) in [6.07, 6.45) is 2.34. The van der Waals surface area contributed by atoms with Crippen LogP contribution < -0.4 is 5.73 Å². The van der Waals surface area contributed by atoms with Crippen LogP contribution in [-0.4, -0.2) is 48.9 Å². The number of likely N-dealkylation sites (tertiary alicyclic amines) is 1. The number of amides is 1. The standard InChI is InChI=1S/C17H27N3O/c1-14-5-7-15(8-6-14)11-19(2)17(21)13-20-9-3-4-16(10-18)12-20/h5-8,16H,3-4,9-13,18H2,1-2H3. The van der Waals surface area contributed by atoms with Gasteiger partial charge in [-0.25, -0.2) is 0 Å². The summed E-state index contributed by atoms with van der Waals surface area (Å²) in [5, 5.41) is 0. The number of carbonyl (C=O) groups is 1. The Bertz CT molecular complexity index is 458. The number of hydrogen-bond donors (Lipinski definition) is 1. The molecule has 2 rings (SSSR count). The van der Waals surface area contributed by atoms with E-state index in [-0.39, 0.29) is 5.91 Å². The average molecular weight is 289 g/mol. The van der Waals surface area contributed by atoms with Crippen molar-refractivity contribution in [3.8, 4) is 0 Å². The van der Waals surface area contributed by atoms with Crippen molar-refractivity contribution < 1.29 is 4.79 Å². The molecule has 1 heterocycles. The molecule has 116 valence electrons. The zero-order valence-electron chi connectivity index (χ0n) is 13.2. The van der Waals surface area contributed by atoms with Crippen molar-refractivity contribution in [1.29, 1.82) is 0 Å². The van der Waals surface area contributed by atoms with Crippen LogP contribution >= 0.6 is 0 Å². The molecular weight excluding hydrogens is 262 g/mol. The van der Waals surface area contributed by atoms with E-state index in [1.165, 1.54) is 17.5 Å². The van der Waals surface area contributed by atoms with Gasteiger partial charge >= 0.3 is 0 Å². The summed E-state index contributed by atoms with van der Waals surface area (Å²) >= 11 is 0. The second-order valence-corrected chi connectivity index (χ2v) is 6.21. The van der Waals surface area contributed by atoms with E-state index in [4.69, 9.17) is 5.73 Å². The Hall–Kier alpha value is -1.39. The summed E-state index contributed by atoms with van der Waals surface area (Å²) in [6, 6.07) is 8.35. The van der Waals surface area contributed by atoms with Crippen LogP contribution in [0.25, 0.3) is 0 Å². The van der Waals surface area contributed by atoms with Gasteiger partial charge in [0, 0.05) is 20.1 Å². The van der Waals surface area contributed by atoms with Gasteiger partial charge in [0.25, 0.3) is 0 Å². The highest BCUT2D eigenvalue weighted by Gasteiger charge is 2.21. The summed E-state index contributed by atoms with van der Waals surface area (Å²) in [5.74, 6) is 0.738. The molecule has 1 aliphatic heterocycles. The van der Waals surface area contributed by atoms with E-state index in [0.717, 1.165) is 26.1 Å². The third kappa shape index (κ3) is 4.83. The molecule has 0 saturated carbocycles. The summed E-state index contributed by atoms with van der Waals surface area (Å²) in [4.78, 5) is 16.4. The molecule has 1 amide bonds. The van der Waals surface area contributed by atoms with Crippen LogP contribution in [0.4, 0.5) is 0 Å². The molecule has 21 heavy (non-hydrogen) atoms. The molecule has 4 heteroatoms. The molecule has 2 N–H and O–H groups in total. The minimum Gasteiger partial charge on any atom is -0.340 e. The number of likely N-dealkylation sites (N-methyl/N-ethyl adjacent to an activating group) is 1. The van der Waals surface area contributed by atoms with Crippen molar-refractivity contribution in [3.05, 3.63) is 35.4 Å². The highest BCUT2D eigenvalue weighted by Crippen LogP contribution is 2.15. The first kappa shape index (κ1) is 16.0. The number of aryl methyl sites for hydroxylation is 1. The lowest BCUT2D eigenvalue weighted by Crippen LogP contribution is -2.44. The SMILES string of the molecule is Cc1ccc(CN(C)C(=O)CN2CCCC(CN)C2)cc1. The van der Waals surface area contributed by atoms with Gasteiger partial charge in [0.15, 0.2) is 0 Å². The Kier molecular flexibility index (Phi) is 5.76. The highest BCUT2D eigenvalue weighted by atomic mass is 16.2. The summed E-state index contributed by atoms with van der Waals surface area (Å²) in [7, 11) is 1.88. The molecule has 0 aromatic heterocycles. The van der Waals surface area contributed by atoms with Crippen molar-refractivity contribution >= 4 is 5.91 Å². The number of hydrogen-bond acceptors (Lipinski definition) is 3. The average Bonchev–Trinajstić information content (AvgIpc) is 2.49. The van der Waals surface area contributed by atoms with Gasteiger partial charge < -0.3 is 10.6 Å². The Balaban J connectivity index is 1.83. The Morgan fingerprint density at radius 3 is 2.76 bits per heavy atom. The first-order valence-electron chi connectivity index (χ1n) is 7.80. The van der Waals surface area contributed by atoms with Crippen molar-refractivity contribution in [2.45, 2.75) is 26.3 Å². The highest BCUT2D eigenvalue weighted by molar-refractivity contribution is 5.78. The molecule has 1 saturated heterocycles. The monoisotopic (exact) mass is 289 g/mol. The van der Waals surface area contributed by atoms with E-state index in [0.29, 0.717) is 19.0 Å². The lowest BCUT2D eigenvalue weighted by molar-refractivity contribution is -0.132. The smallest absolute Gasteiger partial charge is 0.236 e. The van der Waals surface area contributed by atoms with Gasteiger partial charge in [-0.05, 0) is 44.3 Å². The largest absolute Gasteiger partial charge is 0.340 e. The van der Waals surface area contributed by atoms with Gasteiger partial charge in [0.2, 0.25) is 5.91 Å². The van der Waals surface area contributed by atoms with Gasteiger partial charge in [-0.2, -0.15) is 0 Å². The molecule has 4 nitrogen and oxygen atoms in total. The normalized spacial score (nSPS) is 19.5. The lowest BCUT2D eigenvalue weighted by Gasteiger charge is -2.32. The molecule has 0 aliphatic carbocycles. The van der Waals surface area contributed by atoms with Gasteiger partial charge in [-0.15, -0.1) is 0 Å².